The van der Waals surface area contributed by atoms with Crippen molar-refractivity contribution in [1.29, 1.82) is 0 Å². The Kier molecular flexibility index (Phi) is 14.1. The molecular formula is C12H25N3O3S2. The summed E-state index contributed by atoms with van der Waals surface area (Å²) in [6, 6.07) is 0. The van der Waals surface area contributed by atoms with Crippen LogP contribution >= 0.6 is 21.6 Å². The molecule has 8 heteroatoms. The summed E-state index contributed by atoms with van der Waals surface area (Å²) in [6.45, 7) is 9.94. The molecule has 0 saturated carbocycles. The summed E-state index contributed by atoms with van der Waals surface area (Å²) in [5.41, 5.74) is 9.45. The van der Waals surface area contributed by atoms with Gasteiger partial charge in [-0.25, -0.2) is 4.79 Å². The van der Waals surface area contributed by atoms with Gasteiger partial charge in [0.25, 0.3) is 0 Å². The zero-order valence-corrected chi connectivity index (χ0v) is 13.9. The van der Waals surface area contributed by atoms with E-state index in [-0.39, 0.29) is 6.09 Å². The quantitative estimate of drug-likeness (QED) is 0.372. The largest absolute Gasteiger partial charge is 0.444 e. The molecule has 0 unspecified atom stereocenters. The van der Waals surface area contributed by atoms with E-state index in [1.165, 1.54) is 0 Å². The zero-order valence-electron chi connectivity index (χ0n) is 12.3. The Morgan fingerprint density at radius 3 is 2.20 bits per heavy atom. The predicted molar refractivity (Wildman–Crippen MR) is 87.6 cm³/mol. The molecule has 118 valence electrons. The first-order valence-corrected chi connectivity index (χ1v) is 8.55. The lowest BCUT2D eigenvalue weighted by Crippen LogP contribution is -2.33. The predicted octanol–water partition coefficient (Wildman–Crippen LogP) is 1.51. The molecule has 0 aromatic rings. The summed E-state index contributed by atoms with van der Waals surface area (Å²) >= 11 is 0. The van der Waals surface area contributed by atoms with Crippen molar-refractivity contribution in [2.45, 2.75) is 26.4 Å². The van der Waals surface area contributed by atoms with Gasteiger partial charge in [-0.1, -0.05) is 28.2 Å². The molecule has 6 nitrogen and oxygen atoms in total. The smallest absolute Gasteiger partial charge is 0.407 e. The molecule has 0 fully saturated rings. The summed E-state index contributed by atoms with van der Waals surface area (Å²) in [5.74, 6) is 1.33. The lowest BCUT2D eigenvalue weighted by Gasteiger charge is -2.19. The molecule has 0 heterocycles. The maximum Gasteiger partial charge on any atom is 0.407 e. The van der Waals surface area contributed by atoms with Crippen LogP contribution in [0.4, 0.5) is 4.79 Å². The fourth-order valence-electron chi connectivity index (χ4n) is 0.675. The number of hydrogen-bond acceptors (Lipinski definition) is 6. The minimum atomic E-state index is -0.481. The molecule has 0 atom stereocenters. The minimum Gasteiger partial charge on any atom is -0.444 e. The van der Waals surface area contributed by atoms with Gasteiger partial charge >= 0.3 is 6.09 Å². The molecule has 0 spiro atoms. The monoisotopic (exact) mass is 323 g/mol. The Hall–Kier alpha value is -0.860. The van der Waals surface area contributed by atoms with Crippen molar-refractivity contribution in [3.8, 4) is 0 Å². The van der Waals surface area contributed by atoms with Crippen molar-refractivity contribution >= 4 is 33.6 Å². The molecule has 0 aromatic carbocycles. The van der Waals surface area contributed by atoms with Crippen molar-refractivity contribution < 1.29 is 14.3 Å². The van der Waals surface area contributed by atoms with Gasteiger partial charge in [0.05, 0.1) is 0 Å². The van der Waals surface area contributed by atoms with E-state index in [0.29, 0.717) is 13.1 Å². The van der Waals surface area contributed by atoms with Crippen LogP contribution in [0.5, 0.6) is 0 Å². The van der Waals surface area contributed by atoms with E-state index in [9.17, 15) is 9.59 Å². The number of hydrogen-bond donors (Lipinski definition) is 3. The number of amides is 2. The second kappa shape index (κ2) is 13.1. The van der Waals surface area contributed by atoms with Gasteiger partial charge in [0.1, 0.15) is 5.60 Å². The van der Waals surface area contributed by atoms with E-state index >= 15 is 0 Å². The molecule has 0 aliphatic rings. The Bertz CT molecular complexity index is 294. The van der Waals surface area contributed by atoms with Crippen molar-refractivity contribution in [3.63, 3.8) is 0 Å². The highest BCUT2D eigenvalue weighted by atomic mass is 33.1. The molecule has 0 aromatic heterocycles. The van der Waals surface area contributed by atoms with Crippen LogP contribution < -0.4 is 16.8 Å². The fraction of sp³-hybridized carbons (Fsp3) is 0.667. The first-order chi connectivity index (χ1) is 9.22. The molecule has 0 saturated heterocycles. The lowest BCUT2D eigenvalue weighted by molar-refractivity contribution is -0.113. The minimum absolute atomic E-state index is 0.355. The molecule has 0 aliphatic carbocycles. The molecular weight excluding hydrogens is 298 g/mol. The Labute approximate surface area is 128 Å². The normalized spacial score (nSPS) is 10.0. The number of carbonyl (C=O) groups excluding carboxylic acids is 2. The standard InChI is InChI=1S/C9H20N2O2S2.C3H5NO/c1-9(2,3)13-8(12)11-5-7-15-14-6-4-10;1-2-3(4)5/h4-7,10H2,1-3H3,(H,11,12);2H,1H2,(H2,4,5). The van der Waals surface area contributed by atoms with Crippen LogP contribution in [0.1, 0.15) is 20.8 Å². The average Bonchev–Trinajstić information content (AvgIpc) is 2.32. The number of primary amides is 1. The number of rotatable bonds is 7. The number of carbonyl (C=O) groups is 2. The van der Waals surface area contributed by atoms with Crippen LogP contribution in [0.3, 0.4) is 0 Å². The highest BCUT2D eigenvalue weighted by Crippen LogP contribution is 2.18. The van der Waals surface area contributed by atoms with Crippen molar-refractivity contribution in [2.24, 2.45) is 11.5 Å². The van der Waals surface area contributed by atoms with Gasteiger partial charge in [0.2, 0.25) is 5.91 Å². The molecule has 0 aliphatic heterocycles. The summed E-state index contributed by atoms with van der Waals surface area (Å²) in [7, 11) is 3.42. The molecule has 20 heavy (non-hydrogen) atoms. The zero-order chi connectivity index (χ0) is 16.0. The lowest BCUT2D eigenvalue weighted by atomic mass is 10.2. The third kappa shape index (κ3) is 22.3. The average molecular weight is 323 g/mol. The van der Waals surface area contributed by atoms with E-state index < -0.39 is 11.5 Å². The van der Waals surface area contributed by atoms with Gasteiger partial charge in [-0.3, -0.25) is 4.79 Å². The summed E-state index contributed by atoms with van der Waals surface area (Å²) in [6.07, 6.45) is 0.701. The first kappa shape index (κ1) is 21.4. The van der Waals surface area contributed by atoms with E-state index in [1.807, 2.05) is 20.8 Å². The van der Waals surface area contributed by atoms with Gasteiger partial charge in [0.15, 0.2) is 0 Å². The number of ether oxygens (including phenoxy) is 1. The van der Waals surface area contributed by atoms with Crippen molar-refractivity contribution in [1.82, 2.24) is 5.32 Å². The van der Waals surface area contributed by atoms with Gasteiger partial charge in [-0.15, -0.1) is 0 Å². The summed E-state index contributed by atoms with van der Waals surface area (Å²) in [5, 5.41) is 2.69. The van der Waals surface area contributed by atoms with Gasteiger partial charge < -0.3 is 21.5 Å². The van der Waals surface area contributed by atoms with E-state index in [4.69, 9.17) is 10.5 Å². The maximum atomic E-state index is 11.2. The van der Waals surface area contributed by atoms with E-state index in [1.54, 1.807) is 21.6 Å². The molecule has 2 amide bonds. The van der Waals surface area contributed by atoms with Crippen molar-refractivity contribution in [3.05, 3.63) is 12.7 Å². The Morgan fingerprint density at radius 1 is 1.30 bits per heavy atom. The van der Waals surface area contributed by atoms with E-state index in [0.717, 1.165) is 17.6 Å². The van der Waals surface area contributed by atoms with Crippen LogP contribution in [0, 0.1) is 0 Å². The van der Waals surface area contributed by atoms with Gasteiger partial charge in [0, 0.05) is 24.6 Å². The van der Waals surface area contributed by atoms with Crippen molar-refractivity contribution in [2.75, 3.05) is 24.6 Å². The van der Waals surface area contributed by atoms with Crippen LogP contribution in [0.15, 0.2) is 12.7 Å². The Balaban J connectivity index is 0. The fourth-order valence-corrected chi connectivity index (χ4v) is 2.44. The Morgan fingerprint density at radius 2 is 1.80 bits per heavy atom. The third-order valence-electron chi connectivity index (χ3n) is 1.34. The third-order valence-corrected chi connectivity index (χ3v) is 3.78. The second-order valence-electron chi connectivity index (χ2n) is 4.47. The molecule has 0 bridgehead atoms. The topological polar surface area (TPSA) is 107 Å². The van der Waals surface area contributed by atoms with E-state index in [2.05, 4.69) is 17.6 Å². The highest BCUT2D eigenvalue weighted by Gasteiger charge is 2.15. The molecule has 5 N–H and O–H groups in total. The van der Waals surface area contributed by atoms with Gasteiger partial charge in [-0.2, -0.15) is 0 Å². The summed E-state index contributed by atoms with van der Waals surface area (Å²) < 4.78 is 5.08. The molecule has 0 radical (unpaired) electrons. The van der Waals surface area contributed by atoms with Gasteiger partial charge in [-0.05, 0) is 26.8 Å². The number of nitrogens with one attached hydrogen (secondary N) is 1. The van der Waals surface area contributed by atoms with Crippen LogP contribution in [-0.2, 0) is 9.53 Å². The number of nitrogens with two attached hydrogens (primary N) is 2. The van der Waals surface area contributed by atoms with Crippen LogP contribution in [-0.4, -0.2) is 42.2 Å². The maximum absolute atomic E-state index is 11.2. The number of alkyl carbamates (subject to hydrolysis) is 1. The second-order valence-corrected chi connectivity index (χ2v) is 7.17. The highest BCUT2D eigenvalue weighted by molar-refractivity contribution is 8.76. The first-order valence-electron chi connectivity index (χ1n) is 6.06. The van der Waals surface area contributed by atoms with Crippen LogP contribution in [0.25, 0.3) is 0 Å². The summed E-state index contributed by atoms with van der Waals surface area (Å²) in [4.78, 5) is 20.7. The van der Waals surface area contributed by atoms with Crippen LogP contribution in [0.2, 0.25) is 0 Å². The molecule has 0 rings (SSSR count). The SMILES string of the molecule is C=CC(N)=O.CC(C)(C)OC(=O)NCCSSCCN.